The van der Waals surface area contributed by atoms with E-state index >= 15 is 0 Å². The molecule has 1 unspecified atom stereocenters. The van der Waals surface area contributed by atoms with E-state index < -0.39 is 11.7 Å². The molecular weight excluding hydrogens is 362 g/mol. The fourth-order valence-corrected chi connectivity index (χ4v) is 3.86. The van der Waals surface area contributed by atoms with E-state index in [9.17, 15) is 9.59 Å². The highest BCUT2D eigenvalue weighted by molar-refractivity contribution is 5.94. The van der Waals surface area contributed by atoms with Crippen molar-refractivity contribution in [3.8, 4) is 0 Å². The van der Waals surface area contributed by atoms with Gasteiger partial charge in [-0.3, -0.25) is 14.6 Å². The second-order valence-electron chi connectivity index (χ2n) is 7.04. The number of aromatic nitrogens is 3. The first-order chi connectivity index (χ1) is 13.6. The van der Waals surface area contributed by atoms with E-state index in [1.165, 1.54) is 7.11 Å². The number of methoxy groups -OCH3 is 1. The number of anilines is 1. The Morgan fingerprint density at radius 1 is 1.29 bits per heavy atom. The van der Waals surface area contributed by atoms with Gasteiger partial charge in [-0.2, -0.15) is 0 Å². The van der Waals surface area contributed by atoms with Crippen LogP contribution in [0, 0.1) is 0 Å². The van der Waals surface area contributed by atoms with Crippen LogP contribution < -0.4 is 5.32 Å². The smallest absolute Gasteiger partial charge is 0.255 e. The van der Waals surface area contributed by atoms with Crippen LogP contribution in [0.3, 0.4) is 0 Å². The van der Waals surface area contributed by atoms with E-state index in [-0.39, 0.29) is 18.4 Å². The summed E-state index contributed by atoms with van der Waals surface area (Å²) in [6.07, 6.45) is 7.37. The number of carbonyl (C=O) groups is 2. The molecule has 9 heteroatoms. The second-order valence-corrected chi connectivity index (χ2v) is 7.04. The lowest BCUT2D eigenvalue weighted by Gasteiger charge is -2.45. The summed E-state index contributed by atoms with van der Waals surface area (Å²) in [5.74, 6) is 0.575. The Balaban J connectivity index is 1.51. The molecule has 2 aliphatic heterocycles. The molecular formula is C19H23N5O4. The lowest BCUT2D eigenvalue weighted by molar-refractivity contribution is -0.173. The number of likely N-dealkylation sites (tertiary alicyclic amines) is 1. The van der Waals surface area contributed by atoms with Crippen LogP contribution in [0.5, 0.6) is 0 Å². The monoisotopic (exact) mass is 385 g/mol. The van der Waals surface area contributed by atoms with Crippen molar-refractivity contribution < 1.29 is 19.1 Å². The van der Waals surface area contributed by atoms with Crippen molar-refractivity contribution in [1.29, 1.82) is 0 Å². The Morgan fingerprint density at radius 3 is 2.75 bits per heavy atom. The van der Waals surface area contributed by atoms with E-state index in [0.717, 1.165) is 5.82 Å². The van der Waals surface area contributed by atoms with Crippen molar-refractivity contribution in [3.05, 3.63) is 42.7 Å². The molecule has 4 heterocycles. The average Bonchev–Trinajstić information content (AvgIpc) is 3.19. The van der Waals surface area contributed by atoms with Gasteiger partial charge in [-0.1, -0.05) is 0 Å². The lowest BCUT2D eigenvalue weighted by Crippen LogP contribution is -2.54. The summed E-state index contributed by atoms with van der Waals surface area (Å²) in [4.78, 5) is 35.1. The third-order valence-electron chi connectivity index (χ3n) is 5.29. The maximum atomic E-state index is 12.8. The molecule has 1 spiro atoms. The van der Waals surface area contributed by atoms with Crippen LogP contribution in [0.25, 0.3) is 0 Å². The number of pyridine rings is 1. The van der Waals surface area contributed by atoms with Gasteiger partial charge in [0.15, 0.2) is 6.10 Å². The molecule has 28 heavy (non-hydrogen) atoms. The van der Waals surface area contributed by atoms with Gasteiger partial charge >= 0.3 is 0 Å². The highest BCUT2D eigenvalue weighted by Crippen LogP contribution is 2.40. The Bertz CT molecular complexity index is 845. The SMILES string of the molecule is COCC(=O)N1CCC2(CC1)OC(C(=O)Nc1ccncc1)Cn1ccnc12. The highest BCUT2D eigenvalue weighted by atomic mass is 16.5. The van der Waals surface area contributed by atoms with Gasteiger partial charge in [0.05, 0.1) is 6.54 Å². The molecule has 0 aliphatic carbocycles. The molecule has 4 rings (SSSR count). The number of fused-ring (bicyclic) bond motifs is 2. The number of nitrogens with zero attached hydrogens (tertiary/aromatic N) is 4. The zero-order valence-electron chi connectivity index (χ0n) is 15.7. The Morgan fingerprint density at radius 2 is 2.04 bits per heavy atom. The Labute approximate surface area is 162 Å². The summed E-state index contributed by atoms with van der Waals surface area (Å²) in [6, 6.07) is 3.47. The molecule has 2 amide bonds. The van der Waals surface area contributed by atoms with Crippen LogP contribution in [0.15, 0.2) is 36.9 Å². The number of piperidine rings is 1. The fraction of sp³-hybridized carbons (Fsp3) is 0.474. The third kappa shape index (κ3) is 3.50. The predicted molar refractivity (Wildman–Crippen MR) is 99.3 cm³/mol. The molecule has 2 aromatic heterocycles. The van der Waals surface area contributed by atoms with Crippen LogP contribution >= 0.6 is 0 Å². The largest absolute Gasteiger partial charge is 0.375 e. The van der Waals surface area contributed by atoms with Crippen molar-refractivity contribution in [2.24, 2.45) is 0 Å². The molecule has 0 saturated carbocycles. The number of nitrogens with one attached hydrogen (secondary N) is 1. The first kappa shape index (κ1) is 18.6. The minimum absolute atomic E-state index is 0.0384. The van der Waals surface area contributed by atoms with Crippen LogP contribution in [0.2, 0.25) is 0 Å². The van der Waals surface area contributed by atoms with Crippen molar-refractivity contribution in [1.82, 2.24) is 19.4 Å². The van der Waals surface area contributed by atoms with Gasteiger partial charge in [0.2, 0.25) is 5.91 Å². The van der Waals surface area contributed by atoms with Gasteiger partial charge in [-0.05, 0) is 12.1 Å². The molecule has 1 saturated heterocycles. The zero-order valence-corrected chi connectivity index (χ0v) is 15.7. The first-order valence-corrected chi connectivity index (χ1v) is 9.28. The molecule has 0 aromatic carbocycles. The number of rotatable bonds is 4. The summed E-state index contributed by atoms with van der Waals surface area (Å²) in [5, 5.41) is 2.88. The van der Waals surface area contributed by atoms with E-state index in [4.69, 9.17) is 9.47 Å². The summed E-state index contributed by atoms with van der Waals surface area (Å²) in [6.45, 7) is 1.54. The summed E-state index contributed by atoms with van der Waals surface area (Å²) in [5.41, 5.74) is 0.000305. The van der Waals surface area contributed by atoms with Crippen molar-refractivity contribution in [2.75, 3.05) is 32.1 Å². The van der Waals surface area contributed by atoms with Gasteiger partial charge in [0, 0.05) is 63.5 Å². The topological polar surface area (TPSA) is 98.6 Å². The molecule has 9 nitrogen and oxygen atoms in total. The number of ether oxygens (including phenoxy) is 2. The number of hydrogen-bond acceptors (Lipinski definition) is 6. The van der Waals surface area contributed by atoms with Gasteiger partial charge in [0.25, 0.3) is 5.91 Å². The van der Waals surface area contributed by atoms with Crippen LogP contribution in [-0.4, -0.2) is 64.2 Å². The fourth-order valence-electron chi connectivity index (χ4n) is 3.86. The van der Waals surface area contributed by atoms with Gasteiger partial charge in [-0.15, -0.1) is 0 Å². The summed E-state index contributed by atoms with van der Waals surface area (Å²) in [7, 11) is 1.51. The maximum absolute atomic E-state index is 12.8. The van der Waals surface area contributed by atoms with Crippen LogP contribution in [0.1, 0.15) is 18.7 Å². The molecule has 2 aliphatic rings. The Hall–Kier alpha value is -2.78. The minimum atomic E-state index is -0.675. The Kier molecular flexibility index (Phi) is 5.10. The van der Waals surface area contributed by atoms with Crippen molar-refractivity contribution in [3.63, 3.8) is 0 Å². The molecule has 0 radical (unpaired) electrons. The van der Waals surface area contributed by atoms with E-state index in [1.807, 2.05) is 10.8 Å². The van der Waals surface area contributed by atoms with Crippen molar-refractivity contribution >= 4 is 17.5 Å². The minimum Gasteiger partial charge on any atom is -0.375 e. The number of imidazole rings is 1. The third-order valence-corrected chi connectivity index (χ3v) is 5.29. The van der Waals surface area contributed by atoms with Crippen LogP contribution in [-0.2, 0) is 31.2 Å². The molecule has 1 N–H and O–H groups in total. The van der Waals surface area contributed by atoms with Crippen molar-refractivity contribution in [2.45, 2.75) is 31.1 Å². The summed E-state index contributed by atoms with van der Waals surface area (Å²) < 4.78 is 13.3. The second kappa shape index (κ2) is 7.69. The number of carbonyl (C=O) groups excluding carboxylic acids is 2. The molecule has 1 atom stereocenters. The van der Waals surface area contributed by atoms with Gasteiger partial charge in [0.1, 0.15) is 18.0 Å². The molecule has 0 bridgehead atoms. The average molecular weight is 385 g/mol. The van der Waals surface area contributed by atoms with E-state index in [0.29, 0.717) is 38.2 Å². The highest BCUT2D eigenvalue weighted by Gasteiger charge is 2.47. The van der Waals surface area contributed by atoms with Gasteiger partial charge in [-0.25, -0.2) is 4.98 Å². The normalized spacial score (nSPS) is 20.6. The maximum Gasteiger partial charge on any atom is 0.255 e. The lowest BCUT2D eigenvalue weighted by atomic mass is 9.88. The van der Waals surface area contributed by atoms with Gasteiger partial charge < -0.3 is 24.3 Å². The first-order valence-electron chi connectivity index (χ1n) is 9.28. The number of amides is 2. The predicted octanol–water partition coefficient (Wildman–Crippen LogP) is 0.780. The number of hydrogen-bond donors (Lipinski definition) is 1. The standard InChI is InChI=1S/C19H23N5O4/c1-27-13-16(25)23-9-4-19(5-10-23)18-21-8-11-24(18)12-15(28-19)17(26)22-14-2-6-20-7-3-14/h2-3,6-8,11,15H,4-5,9-10,12-13H2,1H3,(H,20,22,26). The zero-order chi connectivity index (χ0) is 19.6. The van der Waals surface area contributed by atoms with E-state index in [1.54, 1.807) is 35.6 Å². The molecule has 2 aromatic rings. The van der Waals surface area contributed by atoms with Crippen LogP contribution in [0.4, 0.5) is 5.69 Å². The molecule has 1 fully saturated rings. The summed E-state index contributed by atoms with van der Waals surface area (Å²) >= 11 is 0. The molecule has 148 valence electrons. The quantitative estimate of drug-likeness (QED) is 0.835. The van der Waals surface area contributed by atoms with E-state index in [2.05, 4.69) is 15.3 Å².